The van der Waals surface area contributed by atoms with Crippen molar-refractivity contribution in [3.05, 3.63) is 83.5 Å². The van der Waals surface area contributed by atoms with Crippen molar-refractivity contribution in [3.8, 4) is 17.2 Å². The maximum Gasteiger partial charge on any atom is 0.407 e. The summed E-state index contributed by atoms with van der Waals surface area (Å²) in [5, 5.41) is 2.89. The van der Waals surface area contributed by atoms with Crippen LogP contribution in [-0.2, 0) is 4.74 Å². The van der Waals surface area contributed by atoms with E-state index in [-0.39, 0.29) is 30.1 Å². The Morgan fingerprint density at radius 2 is 1.53 bits per heavy atom. The lowest BCUT2D eigenvalue weighted by Crippen LogP contribution is -2.50. The molecule has 1 aliphatic carbocycles. The zero-order chi connectivity index (χ0) is 25.7. The third kappa shape index (κ3) is 6.72. The molecule has 8 heteroatoms. The predicted octanol–water partition coefficient (Wildman–Crippen LogP) is 6.41. The number of carbonyl (C=O) groups is 1. The third-order valence-electron chi connectivity index (χ3n) is 5.83. The van der Waals surface area contributed by atoms with Gasteiger partial charge in [0, 0.05) is 24.8 Å². The van der Waals surface area contributed by atoms with Crippen LogP contribution >= 0.6 is 0 Å². The van der Waals surface area contributed by atoms with Gasteiger partial charge >= 0.3 is 12.0 Å². The van der Waals surface area contributed by atoms with Gasteiger partial charge in [0.15, 0.2) is 5.75 Å². The number of hydrogen-bond acceptors (Lipinski definition) is 6. The molecule has 8 nitrogen and oxygen atoms in total. The standard InChI is InChI=1S/C28H30N4O4/c1-18(20-8-12-23(13-9-20)35-25-16-30-26(29-5)31-17-25)19-6-10-22(11-7-19)34-24-14-21(15-24)32-27(33)36-28(2,3)4/h6-13,16-18,21,24H,14-15H2,1-4H3,(H,32,33). The first-order valence-corrected chi connectivity index (χ1v) is 11.9. The van der Waals surface area contributed by atoms with E-state index in [1.54, 1.807) is 0 Å². The molecule has 2 aromatic carbocycles. The molecule has 1 amide bonds. The smallest absolute Gasteiger partial charge is 0.407 e. The molecule has 3 aromatic rings. The van der Waals surface area contributed by atoms with Gasteiger partial charge in [0.25, 0.3) is 0 Å². The molecule has 0 radical (unpaired) electrons. The first kappa shape index (κ1) is 25.0. The van der Waals surface area contributed by atoms with Crippen LogP contribution in [0.1, 0.15) is 57.6 Å². The molecule has 1 saturated carbocycles. The molecule has 0 spiro atoms. The number of nitrogens with one attached hydrogen (secondary N) is 1. The number of hydrogen-bond donors (Lipinski definition) is 1. The average Bonchev–Trinajstić information content (AvgIpc) is 2.82. The lowest BCUT2D eigenvalue weighted by Gasteiger charge is -2.36. The van der Waals surface area contributed by atoms with Crippen LogP contribution in [0.2, 0.25) is 0 Å². The largest absolute Gasteiger partial charge is 0.490 e. The molecule has 1 N–H and O–H groups in total. The van der Waals surface area contributed by atoms with E-state index in [1.165, 1.54) is 18.0 Å². The van der Waals surface area contributed by atoms with Crippen LogP contribution in [0.5, 0.6) is 17.2 Å². The van der Waals surface area contributed by atoms with Gasteiger partial charge in [0.1, 0.15) is 35.6 Å². The van der Waals surface area contributed by atoms with E-state index in [0.717, 1.165) is 24.2 Å². The maximum absolute atomic E-state index is 11.9. The summed E-state index contributed by atoms with van der Waals surface area (Å²) in [6.07, 6.45) is 4.21. The first-order valence-electron chi connectivity index (χ1n) is 11.9. The molecule has 36 heavy (non-hydrogen) atoms. The molecule has 186 valence electrons. The molecule has 0 aliphatic heterocycles. The Bertz CT molecular complexity index is 1210. The van der Waals surface area contributed by atoms with E-state index >= 15 is 0 Å². The molecule has 1 unspecified atom stereocenters. The van der Waals surface area contributed by atoms with Crippen LogP contribution in [0.15, 0.2) is 60.9 Å². The summed E-state index contributed by atoms with van der Waals surface area (Å²) in [5.41, 5.74) is 1.84. The fraction of sp³-hybridized carbons (Fsp3) is 0.357. The Labute approximate surface area is 211 Å². The van der Waals surface area contributed by atoms with Crippen molar-refractivity contribution in [2.24, 2.45) is 0 Å². The van der Waals surface area contributed by atoms with Crippen LogP contribution in [0.25, 0.3) is 4.85 Å². The van der Waals surface area contributed by atoms with Gasteiger partial charge in [-0.2, -0.15) is 9.97 Å². The van der Waals surface area contributed by atoms with Crippen molar-refractivity contribution >= 4 is 12.0 Å². The van der Waals surface area contributed by atoms with Crippen molar-refractivity contribution in [2.45, 2.75) is 64.2 Å². The van der Waals surface area contributed by atoms with E-state index < -0.39 is 5.60 Å². The summed E-state index contributed by atoms with van der Waals surface area (Å²) < 4.78 is 17.1. The van der Waals surface area contributed by atoms with Gasteiger partial charge in [-0.25, -0.2) is 4.79 Å². The monoisotopic (exact) mass is 486 g/mol. The van der Waals surface area contributed by atoms with Crippen molar-refractivity contribution in [1.29, 1.82) is 0 Å². The highest BCUT2D eigenvalue weighted by Crippen LogP contribution is 2.31. The fourth-order valence-electron chi connectivity index (χ4n) is 3.85. The third-order valence-corrected chi connectivity index (χ3v) is 5.83. The lowest BCUT2D eigenvalue weighted by atomic mass is 9.89. The second kappa shape index (κ2) is 10.6. The highest BCUT2D eigenvalue weighted by atomic mass is 16.6. The summed E-state index contributed by atoms with van der Waals surface area (Å²) in [6.45, 7) is 14.6. The van der Waals surface area contributed by atoms with Gasteiger partial charge in [0.2, 0.25) is 0 Å². The maximum atomic E-state index is 11.9. The van der Waals surface area contributed by atoms with E-state index in [9.17, 15) is 4.79 Å². The number of amides is 1. The zero-order valence-corrected chi connectivity index (χ0v) is 20.9. The van der Waals surface area contributed by atoms with E-state index in [2.05, 4.69) is 39.2 Å². The molecule has 1 heterocycles. The topological polar surface area (TPSA) is 86.9 Å². The lowest BCUT2D eigenvalue weighted by molar-refractivity contribution is 0.0363. The van der Waals surface area contributed by atoms with Crippen LogP contribution in [0, 0.1) is 6.57 Å². The molecule has 0 saturated heterocycles. The molecular weight excluding hydrogens is 456 g/mol. The number of alkyl carbamates (subject to hydrolysis) is 1. The molecule has 0 bridgehead atoms. The van der Waals surface area contributed by atoms with Gasteiger partial charge in [-0.3, -0.25) is 0 Å². The first-order chi connectivity index (χ1) is 17.2. The van der Waals surface area contributed by atoms with E-state index in [0.29, 0.717) is 11.5 Å². The molecular formula is C28H30N4O4. The van der Waals surface area contributed by atoms with Gasteiger partial charge in [0.05, 0.1) is 0 Å². The number of benzene rings is 2. The molecule has 1 aromatic heterocycles. The number of ether oxygens (including phenoxy) is 3. The zero-order valence-electron chi connectivity index (χ0n) is 20.9. The Morgan fingerprint density at radius 3 is 2.06 bits per heavy atom. The van der Waals surface area contributed by atoms with Crippen LogP contribution in [-0.4, -0.2) is 33.8 Å². The quantitative estimate of drug-likeness (QED) is 0.389. The molecule has 1 atom stereocenters. The van der Waals surface area contributed by atoms with Gasteiger partial charge in [-0.1, -0.05) is 31.2 Å². The Hall–Kier alpha value is -4.12. The highest BCUT2D eigenvalue weighted by Gasteiger charge is 2.33. The predicted molar refractivity (Wildman–Crippen MR) is 136 cm³/mol. The normalized spacial score (nSPS) is 17.8. The van der Waals surface area contributed by atoms with Crippen LogP contribution in [0.3, 0.4) is 0 Å². The minimum absolute atomic E-state index is 0.0849. The Morgan fingerprint density at radius 1 is 0.972 bits per heavy atom. The Kier molecular flexibility index (Phi) is 7.39. The number of rotatable bonds is 7. The Balaban J connectivity index is 1.26. The van der Waals surface area contributed by atoms with Crippen molar-refractivity contribution in [2.75, 3.05) is 0 Å². The summed E-state index contributed by atoms with van der Waals surface area (Å²) in [6, 6.07) is 16.1. The van der Waals surface area contributed by atoms with E-state index in [4.69, 9.17) is 20.8 Å². The second-order valence-corrected chi connectivity index (χ2v) is 9.85. The number of carbonyl (C=O) groups excluding carboxylic acids is 1. The summed E-state index contributed by atoms with van der Waals surface area (Å²) in [4.78, 5) is 22.9. The summed E-state index contributed by atoms with van der Waals surface area (Å²) >= 11 is 0. The molecule has 1 fully saturated rings. The minimum Gasteiger partial charge on any atom is -0.490 e. The molecule has 4 rings (SSSR count). The SMILES string of the molecule is [C-]#[N+]c1ncc(Oc2ccc(C(C)c3ccc(OC4CC(NC(=O)OC(C)(C)C)C4)cc3)cc2)cn1. The van der Waals surface area contributed by atoms with Crippen LogP contribution in [0.4, 0.5) is 10.7 Å². The van der Waals surface area contributed by atoms with Gasteiger partial charge in [-0.15, -0.1) is 6.57 Å². The average molecular weight is 487 g/mol. The van der Waals surface area contributed by atoms with Crippen molar-refractivity contribution < 1.29 is 19.0 Å². The minimum atomic E-state index is -0.499. The number of aromatic nitrogens is 2. The number of nitrogens with zero attached hydrogens (tertiary/aromatic N) is 3. The summed E-state index contributed by atoms with van der Waals surface area (Å²) in [5.74, 6) is 2.27. The molecule has 1 aliphatic rings. The highest BCUT2D eigenvalue weighted by molar-refractivity contribution is 5.68. The van der Waals surface area contributed by atoms with E-state index in [1.807, 2.05) is 57.2 Å². The summed E-state index contributed by atoms with van der Waals surface area (Å²) in [7, 11) is 0. The van der Waals surface area contributed by atoms with Crippen molar-refractivity contribution in [3.63, 3.8) is 0 Å². The van der Waals surface area contributed by atoms with Crippen LogP contribution < -0.4 is 14.8 Å². The van der Waals surface area contributed by atoms with Crippen molar-refractivity contribution in [1.82, 2.24) is 15.3 Å². The second-order valence-electron chi connectivity index (χ2n) is 9.85. The van der Waals surface area contributed by atoms with Gasteiger partial charge in [-0.05, 0) is 56.2 Å². The fourth-order valence-corrected chi connectivity index (χ4v) is 3.85. The van der Waals surface area contributed by atoms with Gasteiger partial charge < -0.3 is 24.4 Å².